The second-order valence-electron chi connectivity index (χ2n) is 5.09. The smallest absolute Gasteiger partial charge is 0.240 e. The Morgan fingerprint density at radius 1 is 1.38 bits per heavy atom. The number of hydrogen-bond donors (Lipinski definition) is 2. The van der Waals surface area contributed by atoms with E-state index in [0.717, 1.165) is 0 Å². The van der Waals surface area contributed by atoms with Gasteiger partial charge in [0.1, 0.15) is 0 Å². The van der Waals surface area contributed by atoms with Crippen LogP contribution in [0.15, 0.2) is 23.1 Å². The van der Waals surface area contributed by atoms with Crippen molar-refractivity contribution in [2.45, 2.75) is 38.3 Å². The van der Waals surface area contributed by atoms with Crippen molar-refractivity contribution in [2.75, 3.05) is 13.2 Å². The first-order valence-corrected chi connectivity index (χ1v) is 8.76. The molecule has 120 valence electrons. The maximum absolute atomic E-state index is 12.4. The van der Waals surface area contributed by atoms with Gasteiger partial charge in [0, 0.05) is 24.2 Å². The average Bonchev–Trinajstić information content (AvgIpc) is 2.43. The van der Waals surface area contributed by atoms with E-state index in [4.69, 9.17) is 22.1 Å². The molecule has 0 radical (unpaired) electrons. The summed E-state index contributed by atoms with van der Waals surface area (Å²) >= 11 is 6.02. The lowest BCUT2D eigenvalue weighted by molar-refractivity contribution is 0.116. The predicted molar refractivity (Wildman–Crippen MR) is 84.8 cm³/mol. The molecular weight excluding hydrogens is 312 g/mol. The minimum Gasteiger partial charge on any atom is -0.380 e. The Hall–Kier alpha value is -0.660. The summed E-state index contributed by atoms with van der Waals surface area (Å²) in [6, 6.07) is 4.27. The molecule has 21 heavy (non-hydrogen) atoms. The van der Waals surface area contributed by atoms with Crippen LogP contribution in [0.4, 0.5) is 0 Å². The third-order valence-corrected chi connectivity index (χ3v) is 5.01. The van der Waals surface area contributed by atoms with Gasteiger partial charge in [-0.25, -0.2) is 13.1 Å². The van der Waals surface area contributed by atoms with Crippen molar-refractivity contribution in [2.24, 2.45) is 11.7 Å². The Bertz CT molecular complexity index is 561. The van der Waals surface area contributed by atoms with Crippen LogP contribution in [0.1, 0.15) is 26.3 Å². The third kappa shape index (κ3) is 5.23. The van der Waals surface area contributed by atoms with Crippen LogP contribution in [-0.4, -0.2) is 27.7 Å². The number of rotatable bonds is 8. The molecule has 1 aromatic rings. The summed E-state index contributed by atoms with van der Waals surface area (Å²) in [4.78, 5) is 0.131. The van der Waals surface area contributed by atoms with Gasteiger partial charge < -0.3 is 10.5 Å². The largest absolute Gasteiger partial charge is 0.380 e. The van der Waals surface area contributed by atoms with Gasteiger partial charge in [0.25, 0.3) is 0 Å². The monoisotopic (exact) mass is 334 g/mol. The Kier molecular flexibility index (Phi) is 7.09. The Morgan fingerprint density at radius 2 is 2.05 bits per heavy atom. The summed E-state index contributed by atoms with van der Waals surface area (Å²) in [6.07, 6.45) is 0. The van der Waals surface area contributed by atoms with Crippen LogP contribution in [0.2, 0.25) is 5.02 Å². The van der Waals surface area contributed by atoms with E-state index in [2.05, 4.69) is 4.72 Å². The molecule has 0 spiro atoms. The average molecular weight is 335 g/mol. The Morgan fingerprint density at radius 3 is 2.52 bits per heavy atom. The summed E-state index contributed by atoms with van der Waals surface area (Å²) in [6.45, 7) is 6.90. The van der Waals surface area contributed by atoms with E-state index in [0.29, 0.717) is 23.8 Å². The number of benzene rings is 1. The maximum Gasteiger partial charge on any atom is 0.240 e. The van der Waals surface area contributed by atoms with Gasteiger partial charge in [0.05, 0.1) is 11.5 Å². The highest BCUT2D eigenvalue weighted by Crippen LogP contribution is 2.21. The zero-order chi connectivity index (χ0) is 16.0. The zero-order valence-electron chi connectivity index (χ0n) is 12.6. The molecule has 0 aromatic heterocycles. The fourth-order valence-corrected chi connectivity index (χ4v) is 3.45. The number of nitrogens with one attached hydrogen (secondary N) is 1. The van der Waals surface area contributed by atoms with E-state index in [1.165, 1.54) is 12.1 Å². The molecule has 0 fully saturated rings. The zero-order valence-corrected chi connectivity index (χ0v) is 14.2. The summed E-state index contributed by atoms with van der Waals surface area (Å²) in [7, 11) is -3.64. The highest BCUT2D eigenvalue weighted by Gasteiger charge is 2.23. The van der Waals surface area contributed by atoms with E-state index in [1.807, 2.05) is 20.8 Å². The van der Waals surface area contributed by atoms with Crippen LogP contribution in [0.3, 0.4) is 0 Å². The van der Waals surface area contributed by atoms with Gasteiger partial charge >= 0.3 is 0 Å². The fraction of sp³-hybridized carbons (Fsp3) is 0.571. The standard InChI is InChI=1S/C14H23ClN2O3S/c1-4-20-9-14(10(2)3)17-21(18,19)12-6-5-11(8-16)13(15)7-12/h5-7,10,14,17H,4,8-9,16H2,1-3H3. The summed E-state index contributed by atoms with van der Waals surface area (Å²) in [5.41, 5.74) is 6.23. The van der Waals surface area contributed by atoms with Gasteiger partial charge in [0.15, 0.2) is 0 Å². The van der Waals surface area contributed by atoms with Gasteiger partial charge in [-0.05, 0) is 30.5 Å². The van der Waals surface area contributed by atoms with Crippen LogP contribution < -0.4 is 10.5 Å². The maximum atomic E-state index is 12.4. The van der Waals surface area contributed by atoms with Crippen molar-refractivity contribution in [3.63, 3.8) is 0 Å². The molecule has 7 heteroatoms. The molecule has 0 aliphatic rings. The second-order valence-corrected chi connectivity index (χ2v) is 7.21. The minimum absolute atomic E-state index is 0.116. The second kappa shape index (κ2) is 8.10. The molecule has 1 aromatic carbocycles. The SMILES string of the molecule is CCOCC(NS(=O)(=O)c1ccc(CN)c(Cl)c1)C(C)C. The molecule has 0 heterocycles. The van der Waals surface area contributed by atoms with Crippen molar-refractivity contribution in [3.8, 4) is 0 Å². The van der Waals surface area contributed by atoms with Gasteiger partial charge in [-0.2, -0.15) is 0 Å². The lowest BCUT2D eigenvalue weighted by Gasteiger charge is -2.22. The van der Waals surface area contributed by atoms with Gasteiger partial charge in [-0.15, -0.1) is 0 Å². The van der Waals surface area contributed by atoms with Gasteiger partial charge in [-0.3, -0.25) is 0 Å². The summed E-state index contributed by atoms with van der Waals surface area (Å²) < 4.78 is 32.8. The molecule has 5 nitrogen and oxygen atoms in total. The molecule has 0 saturated heterocycles. The van der Waals surface area contributed by atoms with Crippen LogP contribution in [0.5, 0.6) is 0 Å². The van der Waals surface area contributed by atoms with Crippen molar-refractivity contribution < 1.29 is 13.2 Å². The molecule has 1 rings (SSSR count). The fourth-order valence-electron chi connectivity index (χ4n) is 1.74. The number of ether oxygens (including phenoxy) is 1. The summed E-state index contributed by atoms with van der Waals surface area (Å²) in [5.74, 6) is 0.116. The molecule has 0 amide bonds. The van der Waals surface area contributed by atoms with E-state index in [9.17, 15) is 8.42 Å². The van der Waals surface area contributed by atoms with E-state index in [1.54, 1.807) is 6.07 Å². The topological polar surface area (TPSA) is 81.4 Å². The highest BCUT2D eigenvalue weighted by atomic mass is 35.5. The Balaban J connectivity index is 2.96. The Labute approximate surface area is 131 Å². The number of halogens is 1. The first-order valence-electron chi connectivity index (χ1n) is 6.90. The number of nitrogens with two attached hydrogens (primary N) is 1. The first kappa shape index (κ1) is 18.4. The predicted octanol–water partition coefficient (Wildman–Crippen LogP) is 2.14. The van der Waals surface area contributed by atoms with E-state index < -0.39 is 10.0 Å². The normalized spacial score (nSPS) is 13.6. The van der Waals surface area contributed by atoms with Crippen LogP contribution in [-0.2, 0) is 21.3 Å². The van der Waals surface area contributed by atoms with Crippen molar-refractivity contribution in [1.29, 1.82) is 0 Å². The van der Waals surface area contributed by atoms with Gasteiger partial charge in [-0.1, -0.05) is 31.5 Å². The number of sulfonamides is 1. The van der Waals surface area contributed by atoms with E-state index in [-0.39, 0.29) is 23.4 Å². The summed E-state index contributed by atoms with van der Waals surface area (Å²) in [5, 5.41) is 0.353. The molecule has 3 N–H and O–H groups in total. The van der Waals surface area contributed by atoms with Gasteiger partial charge in [0.2, 0.25) is 10.0 Å². The lowest BCUT2D eigenvalue weighted by atomic mass is 10.1. The van der Waals surface area contributed by atoms with Crippen LogP contribution >= 0.6 is 11.6 Å². The van der Waals surface area contributed by atoms with Crippen LogP contribution in [0.25, 0.3) is 0 Å². The molecule has 1 unspecified atom stereocenters. The first-order chi connectivity index (χ1) is 9.81. The minimum atomic E-state index is -3.64. The lowest BCUT2D eigenvalue weighted by Crippen LogP contribution is -2.41. The third-order valence-electron chi connectivity index (χ3n) is 3.17. The highest BCUT2D eigenvalue weighted by molar-refractivity contribution is 7.89. The molecular formula is C14H23ClN2O3S. The van der Waals surface area contributed by atoms with Crippen molar-refractivity contribution >= 4 is 21.6 Å². The van der Waals surface area contributed by atoms with Crippen molar-refractivity contribution in [3.05, 3.63) is 28.8 Å². The quantitative estimate of drug-likeness (QED) is 0.763. The number of hydrogen-bond acceptors (Lipinski definition) is 4. The van der Waals surface area contributed by atoms with Crippen molar-refractivity contribution in [1.82, 2.24) is 4.72 Å². The molecule has 0 aliphatic carbocycles. The molecule has 0 saturated carbocycles. The molecule has 1 atom stereocenters. The van der Waals surface area contributed by atoms with Crippen LogP contribution in [0, 0.1) is 5.92 Å². The molecule has 0 aliphatic heterocycles. The molecule has 0 bridgehead atoms. The van der Waals surface area contributed by atoms with E-state index >= 15 is 0 Å².